The van der Waals surface area contributed by atoms with E-state index in [1.54, 1.807) is 0 Å². The molecule has 5 nitrogen and oxygen atoms in total. The fraction of sp³-hybridized carbons (Fsp3) is 0.394. The van der Waals surface area contributed by atoms with Crippen LogP contribution in [0.3, 0.4) is 0 Å². The Labute approximate surface area is 226 Å². The van der Waals surface area contributed by atoms with Crippen LogP contribution >= 0.6 is 0 Å². The van der Waals surface area contributed by atoms with Crippen molar-refractivity contribution in [2.45, 2.75) is 44.6 Å². The van der Waals surface area contributed by atoms with Crippen LogP contribution in [0.2, 0.25) is 0 Å². The van der Waals surface area contributed by atoms with E-state index in [-0.39, 0.29) is 11.8 Å². The van der Waals surface area contributed by atoms with Crippen LogP contribution in [0.4, 0.5) is 0 Å². The molecule has 0 bridgehead atoms. The molecular weight excluding hydrogens is 470 g/mol. The van der Waals surface area contributed by atoms with E-state index in [9.17, 15) is 9.59 Å². The first-order chi connectivity index (χ1) is 18.5. The first-order valence-corrected chi connectivity index (χ1v) is 14.0. The van der Waals surface area contributed by atoms with E-state index in [0.29, 0.717) is 36.9 Å². The molecule has 38 heavy (non-hydrogen) atoms. The number of carbonyl (C=O) groups excluding carboxylic acids is 2. The fourth-order valence-corrected chi connectivity index (χ4v) is 5.56. The highest BCUT2D eigenvalue weighted by Gasteiger charge is 2.38. The summed E-state index contributed by atoms with van der Waals surface area (Å²) >= 11 is 0. The third kappa shape index (κ3) is 6.51. The Hall–Kier alpha value is -3.44. The van der Waals surface area contributed by atoms with E-state index in [2.05, 4.69) is 60.6 Å². The summed E-state index contributed by atoms with van der Waals surface area (Å²) < 4.78 is 0. The molecule has 198 valence electrons. The zero-order valence-corrected chi connectivity index (χ0v) is 22.6. The summed E-state index contributed by atoms with van der Waals surface area (Å²) in [6.07, 6.45) is 3.92. The largest absolute Gasteiger partial charge is 0.340 e. The van der Waals surface area contributed by atoms with Gasteiger partial charge in [-0.2, -0.15) is 0 Å². The first-order valence-electron chi connectivity index (χ1n) is 14.0. The number of piperazine rings is 1. The second-order valence-electron chi connectivity index (χ2n) is 11.0. The normalized spacial score (nSPS) is 20.1. The van der Waals surface area contributed by atoms with Crippen molar-refractivity contribution in [3.05, 3.63) is 95.6 Å². The molecule has 1 saturated carbocycles. The Balaban J connectivity index is 1.20. The highest BCUT2D eigenvalue weighted by molar-refractivity contribution is 5.98. The molecule has 2 fully saturated rings. The quantitative estimate of drug-likeness (QED) is 0.414. The lowest BCUT2D eigenvalue weighted by Crippen LogP contribution is -2.54. The van der Waals surface area contributed by atoms with Crippen molar-refractivity contribution in [2.24, 2.45) is 5.92 Å². The maximum Gasteiger partial charge on any atom is 0.251 e. The van der Waals surface area contributed by atoms with E-state index < -0.39 is 6.04 Å². The van der Waals surface area contributed by atoms with Crippen molar-refractivity contribution in [3.8, 4) is 11.1 Å². The summed E-state index contributed by atoms with van der Waals surface area (Å²) in [6.45, 7) is 5.29. The number of carbonyl (C=O) groups is 2. The molecule has 5 heteroatoms. The Morgan fingerprint density at radius 1 is 0.868 bits per heavy atom. The van der Waals surface area contributed by atoms with Crippen molar-refractivity contribution < 1.29 is 9.59 Å². The number of hydrogen-bond acceptors (Lipinski definition) is 3. The highest BCUT2D eigenvalue weighted by atomic mass is 16.2. The average molecular weight is 510 g/mol. The minimum atomic E-state index is -0.490. The van der Waals surface area contributed by atoms with Gasteiger partial charge >= 0.3 is 0 Å². The number of nitrogens with zero attached hydrogens (tertiary/aromatic N) is 2. The van der Waals surface area contributed by atoms with Gasteiger partial charge < -0.3 is 15.1 Å². The van der Waals surface area contributed by atoms with Crippen LogP contribution in [0, 0.1) is 12.8 Å². The van der Waals surface area contributed by atoms with E-state index in [1.165, 1.54) is 17.5 Å². The topological polar surface area (TPSA) is 52.7 Å². The van der Waals surface area contributed by atoms with Gasteiger partial charge in [-0.15, -0.1) is 0 Å². The van der Waals surface area contributed by atoms with Crippen molar-refractivity contribution in [2.75, 3.05) is 33.2 Å². The second-order valence-corrected chi connectivity index (χ2v) is 11.0. The molecular formula is C33H39N3O2. The molecule has 1 aliphatic heterocycles. The summed E-state index contributed by atoms with van der Waals surface area (Å²) in [4.78, 5) is 30.9. The molecule has 3 aromatic rings. The van der Waals surface area contributed by atoms with Gasteiger partial charge in [-0.05, 0) is 73.9 Å². The van der Waals surface area contributed by atoms with Crippen LogP contribution in [0.5, 0.6) is 0 Å². The fourth-order valence-electron chi connectivity index (χ4n) is 5.56. The first kappa shape index (κ1) is 26.2. The number of aryl methyl sites for hydroxylation is 1. The molecule has 0 unspecified atom stereocenters. The van der Waals surface area contributed by atoms with Crippen LogP contribution in [-0.2, 0) is 4.79 Å². The number of nitrogens with one attached hydrogen (secondary N) is 1. The minimum absolute atomic E-state index is 0.0539. The molecule has 0 radical (unpaired) electrons. The summed E-state index contributed by atoms with van der Waals surface area (Å²) in [5, 5.41) is 3.10. The maximum atomic E-state index is 13.5. The molecule has 3 aromatic carbocycles. The van der Waals surface area contributed by atoms with Crippen molar-refractivity contribution in [3.63, 3.8) is 0 Å². The van der Waals surface area contributed by atoms with Gasteiger partial charge in [0.05, 0.1) is 0 Å². The van der Waals surface area contributed by atoms with E-state index in [4.69, 9.17) is 0 Å². The van der Waals surface area contributed by atoms with E-state index in [0.717, 1.165) is 37.1 Å². The molecule has 1 heterocycles. The Kier molecular flexibility index (Phi) is 8.23. The SMILES string of the molecule is Cc1ccc([C@H]2C[C@@H]2CCC[C@H](NC(=O)c2ccc(-c3ccccc3)cc2)C(=O)N2CCN(C)CC2)cc1. The van der Waals surface area contributed by atoms with Gasteiger partial charge in [0.2, 0.25) is 5.91 Å². The zero-order valence-electron chi connectivity index (χ0n) is 22.6. The Morgan fingerprint density at radius 3 is 2.21 bits per heavy atom. The van der Waals surface area contributed by atoms with Crippen LogP contribution in [0.1, 0.15) is 53.1 Å². The molecule has 0 spiro atoms. The Morgan fingerprint density at radius 2 is 1.53 bits per heavy atom. The van der Waals surface area contributed by atoms with Gasteiger partial charge in [0.15, 0.2) is 0 Å². The van der Waals surface area contributed by atoms with Gasteiger partial charge in [-0.25, -0.2) is 0 Å². The van der Waals surface area contributed by atoms with Crippen LogP contribution in [0.15, 0.2) is 78.9 Å². The average Bonchev–Trinajstić information content (AvgIpc) is 3.73. The molecule has 1 saturated heterocycles. The van der Waals surface area contributed by atoms with Crippen LogP contribution in [0.25, 0.3) is 11.1 Å². The van der Waals surface area contributed by atoms with E-state index in [1.807, 2.05) is 47.4 Å². The summed E-state index contributed by atoms with van der Waals surface area (Å²) in [5.41, 5.74) is 5.49. The highest BCUT2D eigenvalue weighted by Crippen LogP contribution is 2.50. The smallest absolute Gasteiger partial charge is 0.251 e. The van der Waals surface area contributed by atoms with Gasteiger partial charge in [-0.1, -0.05) is 78.7 Å². The minimum Gasteiger partial charge on any atom is -0.340 e. The number of rotatable bonds is 9. The van der Waals surface area contributed by atoms with Gasteiger partial charge in [0.25, 0.3) is 5.91 Å². The number of amides is 2. The summed E-state index contributed by atoms with van der Waals surface area (Å²) in [7, 11) is 2.08. The number of hydrogen-bond donors (Lipinski definition) is 1. The summed E-state index contributed by atoms with van der Waals surface area (Å²) in [6, 6.07) is 26.2. The molecule has 1 aliphatic carbocycles. The number of benzene rings is 3. The third-order valence-electron chi connectivity index (χ3n) is 8.17. The molecule has 2 aliphatic rings. The number of likely N-dealkylation sites (N-methyl/N-ethyl adjacent to an activating group) is 1. The molecule has 3 atom stereocenters. The third-order valence-corrected chi connectivity index (χ3v) is 8.17. The van der Waals surface area contributed by atoms with Gasteiger partial charge in [-0.3, -0.25) is 9.59 Å². The van der Waals surface area contributed by atoms with Crippen LogP contribution in [-0.4, -0.2) is 60.9 Å². The molecule has 1 N–H and O–H groups in total. The monoisotopic (exact) mass is 509 g/mol. The second kappa shape index (κ2) is 12.0. The van der Waals surface area contributed by atoms with Crippen LogP contribution < -0.4 is 5.32 Å². The summed E-state index contributed by atoms with van der Waals surface area (Å²) in [5.74, 6) is 1.19. The molecule has 0 aromatic heterocycles. The lowest BCUT2D eigenvalue weighted by Gasteiger charge is -2.34. The predicted octanol–water partition coefficient (Wildman–Crippen LogP) is 5.51. The van der Waals surface area contributed by atoms with Crippen molar-refractivity contribution in [1.82, 2.24) is 15.1 Å². The molecule has 5 rings (SSSR count). The lowest BCUT2D eigenvalue weighted by molar-refractivity contribution is -0.135. The zero-order chi connectivity index (χ0) is 26.5. The molecule has 2 amide bonds. The van der Waals surface area contributed by atoms with Gasteiger partial charge in [0.1, 0.15) is 6.04 Å². The Bertz CT molecular complexity index is 1220. The predicted molar refractivity (Wildman–Crippen MR) is 153 cm³/mol. The van der Waals surface area contributed by atoms with Crippen molar-refractivity contribution in [1.29, 1.82) is 0 Å². The van der Waals surface area contributed by atoms with Gasteiger partial charge in [0, 0.05) is 31.7 Å². The van der Waals surface area contributed by atoms with E-state index >= 15 is 0 Å². The maximum absolute atomic E-state index is 13.5. The standard InChI is InChI=1S/C33H39N3O2/c1-24-11-13-27(14-12-24)30-23-29(30)9-6-10-31(33(38)36-21-19-35(2)20-22-36)34-32(37)28-17-15-26(16-18-28)25-7-4-3-5-8-25/h3-5,7-8,11-18,29-31H,6,9-10,19-23H2,1-2H3,(H,34,37)/t29-,30+,31-/m0/s1. The van der Waals surface area contributed by atoms with Crippen molar-refractivity contribution >= 4 is 11.8 Å². The lowest BCUT2D eigenvalue weighted by atomic mass is 10.0.